The third kappa shape index (κ3) is 4.93. The minimum absolute atomic E-state index is 0.152. The Morgan fingerprint density at radius 3 is 3.33 bits per heavy atom. The van der Waals surface area contributed by atoms with Gasteiger partial charge in [-0.2, -0.15) is 14.6 Å². The second-order valence-corrected chi connectivity index (χ2v) is 6.41. The van der Waals surface area contributed by atoms with Crippen molar-refractivity contribution in [2.75, 3.05) is 37.2 Å². The molecule has 0 aliphatic carbocycles. The third-order valence-corrected chi connectivity index (χ3v) is 4.74. The maximum Gasteiger partial charge on any atom is 0.240 e. The summed E-state index contributed by atoms with van der Waals surface area (Å²) in [5.41, 5.74) is 0. The Balaban J connectivity index is 1.83. The predicted molar refractivity (Wildman–Crippen MR) is 83.4 cm³/mol. The van der Waals surface area contributed by atoms with Gasteiger partial charge in [0.15, 0.2) is 0 Å². The summed E-state index contributed by atoms with van der Waals surface area (Å²) in [5, 5.41) is 16.2. The number of nitrogens with one attached hydrogen (secondary N) is 2. The predicted octanol–water partition coefficient (Wildman–Crippen LogP) is 0.776. The molecule has 1 aliphatic heterocycles. The van der Waals surface area contributed by atoms with Crippen molar-refractivity contribution >= 4 is 34.3 Å². The Hall–Kier alpha value is -1.21. The summed E-state index contributed by atoms with van der Waals surface area (Å²) in [6.07, 6.45) is 1.06. The number of amides is 1. The minimum atomic E-state index is -0.255. The molecule has 0 saturated carbocycles. The first-order valence-corrected chi connectivity index (χ1v) is 8.59. The normalized spacial score (nSPS) is 19.1. The highest BCUT2D eigenvalue weighted by Crippen LogP contribution is 2.20. The first kappa shape index (κ1) is 16.2. The first-order chi connectivity index (χ1) is 10.2. The van der Waals surface area contributed by atoms with Crippen molar-refractivity contribution in [2.24, 2.45) is 0 Å². The van der Waals surface area contributed by atoms with Crippen molar-refractivity contribution in [2.45, 2.75) is 24.5 Å². The van der Waals surface area contributed by atoms with Gasteiger partial charge in [-0.1, -0.05) is 18.7 Å². The quantitative estimate of drug-likeness (QED) is 0.746. The number of piperazine rings is 1. The van der Waals surface area contributed by atoms with Crippen molar-refractivity contribution in [3.05, 3.63) is 0 Å². The molecule has 0 aromatic carbocycles. The molecule has 1 aromatic heterocycles. The maximum absolute atomic E-state index is 12.0. The van der Waals surface area contributed by atoms with E-state index in [1.807, 2.05) is 4.90 Å². The van der Waals surface area contributed by atoms with Crippen LogP contribution in [0.2, 0.25) is 0 Å². The lowest BCUT2D eigenvalue weighted by molar-refractivity contribution is -0.117. The van der Waals surface area contributed by atoms with Gasteiger partial charge in [0.1, 0.15) is 6.04 Å². The molecule has 9 heteroatoms. The molecule has 2 rings (SSSR count). The minimum Gasteiger partial charge on any atom is -0.313 e. The van der Waals surface area contributed by atoms with E-state index < -0.39 is 0 Å². The van der Waals surface area contributed by atoms with Crippen LogP contribution in [-0.4, -0.2) is 58.1 Å². The molecule has 7 nitrogen and oxygen atoms in total. The van der Waals surface area contributed by atoms with Crippen molar-refractivity contribution in [3.63, 3.8) is 0 Å². The summed E-state index contributed by atoms with van der Waals surface area (Å²) in [6.45, 7) is 4.39. The zero-order chi connectivity index (χ0) is 15.1. The van der Waals surface area contributed by atoms with Crippen LogP contribution >= 0.6 is 23.3 Å². The van der Waals surface area contributed by atoms with Crippen molar-refractivity contribution in [1.82, 2.24) is 19.6 Å². The highest BCUT2D eigenvalue weighted by atomic mass is 32.2. The van der Waals surface area contributed by atoms with Crippen LogP contribution in [0.25, 0.3) is 0 Å². The summed E-state index contributed by atoms with van der Waals surface area (Å²) in [4.78, 5) is 18.2. The monoisotopic (exact) mass is 326 g/mol. The van der Waals surface area contributed by atoms with Gasteiger partial charge in [-0.15, -0.1) is 0 Å². The van der Waals surface area contributed by atoms with E-state index >= 15 is 0 Å². The lowest BCUT2D eigenvalue weighted by Crippen LogP contribution is -2.52. The molecular weight excluding hydrogens is 308 g/mol. The van der Waals surface area contributed by atoms with Gasteiger partial charge < -0.3 is 5.32 Å². The lowest BCUT2D eigenvalue weighted by atomic mass is 10.2. The van der Waals surface area contributed by atoms with Crippen LogP contribution in [0, 0.1) is 11.3 Å². The zero-order valence-electron chi connectivity index (χ0n) is 11.8. The Labute approximate surface area is 132 Å². The van der Waals surface area contributed by atoms with Gasteiger partial charge in [-0.3, -0.25) is 15.0 Å². The van der Waals surface area contributed by atoms with Gasteiger partial charge in [0, 0.05) is 36.9 Å². The molecule has 1 aromatic rings. The number of rotatable bonds is 6. The molecule has 2 heterocycles. The van der Waals surface area contributed by atoms with E-state index in [-0.39, 0.29) is 18.5 Å². The summed E-state index contributed by atoms with van der Waals surface area (Å²) in [5.74, 6) is 0.815. The fourth-order valence-corrected chi connectivity index (χ4v) is 3.33. The highest BCUT2D eigenvalue weighted by Gasteiger charge is 2.24. The second kappa shape index (κ2) is 8.29. The fourth-order valence-electron chi connectivity index (χ4n) is 1.92. The summed E-state index contributed by atoms with van der Waals surface area (Å²) < 4.78 is 4.19. The molecule has 0 spiro atoms. The zero-order valence-corrected chi connectivity index (χ0v) is 13.5. The standard InChI is InChI=1S/C12H18N6OS2/c1-2-5-20-12-16-11(21-17-12)15-10(19)8-18-4-3-14-7-9(18)6-13/h9,14H,2-5,7-8H2,1H3,(H,15,16,17,19). The average Bonchev–Trinajstić information content (AvgIpc) is 2.93. The lowest BCUT2D eigenvalue weighted by Gasteiger charge is -2.30. The van der Waals surface area contributed by atoms with Crippen LogP contribution in [-0.2, 0) is 4.79 Å². The van der Waals surface area contributed by atoms with E-state index in [0.29, 0.717) is 23.4 Å². The number of carbonyl (C=O) groups excluding carboxylic acids is 1. The van der Waals surface area contributed by atoms with Gasteiger partial charge in [-0.05, 0) is 6.42 Å². The van der Waals surface area contributed by atoms with Gasteiger partial charge in [0.05, 0.1) is 12.6 Å². The largest absolute Gasteiger partial charge is 0.313 e. The van der Waals surface area contributed by atoms with E-state index in [1.54, 1.807) is 11.8 Å². The number of anilines is 1. The van der Waals surface area contributed by atoms with Gasteiger partial charge in [-0.25, -0.2) is 0 Å². The average molecular weight is 326 g/mol. The molecule has 1 unspecified atom stereocenters. The molecule has 114 valence electrons. The Morgan fingerprint density at radius 1 is 1.71 bits per heavy atom. The van der Waals surface area contributed by atoms with E-state index in [1.165, 1.54) is 11.5 Å². The number of thioether (sulfide) groups is 1. The van der Waals surface area contributed by atoms with Gasteiger partial charge >= 0.3 is 0 Å². The number of nitrogens with zero attached hydrogens (tertiary/aromatic N) is 4. The molecule has 1 aliphatic rings. The number of hydrogen-bond acceptors (Lipinski definition) is 8. The molecule has 1 fully saturated rings. The van der Waals surface area contributed by atoms with Crippen LogP contribution in [0.5, 0.6) is 0 Å². The Kier molecular flexibility index (Phi) is 6.38. The summed E-state index contributed by atoms with van der Waals surface area (Å²) in [6, 6.07) is 1.95. The number of hydrogen-bond donors (Lipinski definition) is 2. The molecule has 1 amide bonds. The van der Waals surface area contributed by atoms with Crippen LogP contribution in [0.4, 0.5) is 5.13 Å². The first-order valence-electron chi connectivity index (χ1n) is 6.83. The molecule has 1 saturated heterocycles. The van der Waals surface area contributed by atoms with Gasteiger partial charge in [0.25, 0.3) is 0 Å². The maximum atomic E-state index is 12.0. The highest BCUT2D eigenvalue weighted by molar-refractivity contribution is 7.99. The number of aromatic nitrogens is 2. The summed E-state index contributed by atoms with van der Waals surface area (Å²) >= 11 is 2.77. The third-order valence-electron chi connectivity index (χ3n) is 2.94. The van der Waals surface area contributed by atoms with Crippen LogP contribution in [0.15, 0.2) is 5.16 Å². The van der Waals surface area contributed by atoms with Crippen molar-refractivity contribution in [1.29, 1.82) is 5.26 Å². The topological polar surface area (TPSA) is 93.9 Å². The molecule has 2 N–H and O–H groups in total. The van der Waals surface area contributed by atoms with Crippen molar-refractivity contribution < 1.29 is 4.79 Å². The van der Waals surface area contributed by atoms with Gasteiger partial charge in [0.2, 0.25) is 16.2 Å². The molecule has 1 atom stereocenters. The Morgan fingerprint density at radius 2 is 2.57 bits per heavy atom. The molecular formula is C12H18N6OS2. The smallest absolute Gasteiger partial charge is 0.240 e. The Bertz CT molecular complexity index is 514. The second-order valence-electron chi connectivity index (χ2n) is 4.60. The van der Waals surface area contributed by atoms with Crippen LogP contribution < -0.4 is 10.6 Å². The van der Waals surface area contributed by atoms with E-state index in [2.05, 4.69) is 33.0 Å². The summed E-state index contributed by atoms with van der Waals surface area (Å²) in [7, 11) is 0. The number of nitriles is 1. The van der Waals surface area contributed by atoms with Crippen molar-refractivity contribution in [3.8, 4) is 6.07 Å². The SMILES string of the molecule is CCCSc1nsc(NC(=O)CN2CCNCC2C#N)n1. The number of carbonyl (C=O) groups is 1. The molecule has 0 bridgehead atoms. The van der Waals surface area contributed by atoms with Crippen LogP contribution in [0.1, 0.15) is 13.3 Å². The fraction of sp³-hybridized carbons (Fsp3) is 0.667. The van der Waals surface area contributed by atoms with Crippen LogP contribution in [0.3, 0.4) is 0 Å². The molecule has 0 radical (unpaired) electrons. The van der Waals surface area contributed by atoms with E-state index in [4.69, 9.17) is 5.26 Å². The van der Waals surface area contributed by atoms with E-state index in [0.717, 1.165) is 18.7 Å². The van der Waals surface area contributed by atoms with E-state index in [9.17, 15) is 4.79 Å². The molecule has 21 heavy (non-hydrogen) atoms.